The highest BCUT2D eigenvalue weighted by Gasteiger charge is 2.05. The van der Waals surface area contributed by atoms with Gasteiger partial charge in [0.15, 0.2) is 0 Å². The molecule has 0 fully saturated rings. The first-order chi connectivity index (χ1) is 9.22. The summed E-state index contributed by atoms with van der Waals surface area (Å²) in [5.74, 6) is 0.656. The van der Waals surface area contributed by atoms with Gasteiger partial charge in [0.1, 0.15) is 0 Å². The van der Waals surface area contributed by atoms with E-state index in [1.54, 1.807) is 6.20 Å². The first kappa shape index (κ1) is 13.4. The van der Waals surface area contributed by atoms with Crippen molar-refractivity contribution in [2.75, 3.05) is 11.9 Å². The summed E-state index contributed by atoms with van der Waals surface area (Å²) in [6.45, 7) is 5.45. The molecule has 0 aliphatic rings. The standard InChI is InChI=1S/C14H20N4O/c1-4-13-11(10-18(3)17-13)8-15-12-6-7-14(16-9-12)19-5-2/h6-7,9-10,15H,4-5,8H2,1-3H3. The molecule has 102 valence electrons. The van der Waals surface area contributed by atoms with Crippen LogP contribution in [-0.4, -0.2) is 21.4 Å². The van der Waals surface area contributed by atoms with Crippen LogP contribution in [0.1, 0.15) is 25.1 Å². The van der Waals surface area contributed by atoms with Crippen molar-refractivity contribution in [3.05, 3.63) is 35.8 Å². The molecule has 0 saturated carbocycles. The Morgan fingerprint density at radius 1 is 1.32 bits per heavy atom. The fourth-order valence-electron chi connectivity index (χ4n) is 1.94. The van der Waals surface area contributed by atoms with Crippen molar-refractivity contribution in [3.8, 4) is 5.88 Å². The van der Waals surface area contributed by atoms with Gasteiger partial charge in [0.25, 0.3) is 0 Å². The number of hydrogen-bond acceptors (Lipinski definition) is 4. The maximum atomic E-state index is 5.31. The molecule has 0 aliphatic heterocycles. The Kier molecular flexibility index (Phi) is 4.39. The lowest BCUT2D eigenvalue weighted by atomic mass is 10.2. The number of aryl methyl sites for hydroxylation is 2. The lowest BCUT2D eigenvalue weighted by Gasteiger charge is -2.07. The molecule has 0 radical (unpaired) electrons. The SMILES string of the molecule is CCOc1ccc(NCc2cn(C)nc2CC)cn1. The molecule has 5 heteroatoms. The zero-order valence-corrected chi connectivity index (χ0v) is 11.7. The Bertz CT molecular complexity index is 519. The van der Waals surface area contributed by atoms with Gasteiger partial charge in [0, 0.05) is 31.4 Å². The molecule has 0 aliphatic carbocycles. The lowest BCUT2D eigenvalue weighted by molar-refractivity contribution is 0.327. The van der Waals surface area contributed by atoms with Crippen LogP contribution in [0.15, 0.2) is 24.5 Å². The van der Waals surface area contributed by atoms with E-state index >= 15 is 0 Å². The van der Waals surface area contributed by atoms with Crippen LogP contribution in [0.3, 0.4) is 0 Å². The van der Waals surface area contributed by atoms with Crippen LogP contribution in [0.2, 0.25) is 0 Å². The smallest absolute Gasteiger partial charge is 0.213 e. The van der Waals surface area contributed by atoms with Gasteiger partial charge in [-0.05, 0) is 19.4 Å². The van der Waals surface area contributed by atoms with E-state index in [9.17, 15) is 0 Å². The predicted molar refractivity (Wildman–Crippen MR) is 75.3 cm³/mol. The fraction of sp³-hybridized carbons (Fsp3) is 0.429. The van der Waals surface area contributed by atoms with E-state index in [0.29, 0.717) is 12.5 Å². The van der Waals surface area contributed by atoms with Crippen molar-refractivity contribution in [3.63, 3.8) is 0 Å². The number of rotatable bonds is 6. The van der Waals surface area contributed by atoms with Crippen LogP contribution in [0.25, 0.3) is 0 Å². The molecule has 0 saturated heterocycles. The van der Waals surface area contributed by atoms with E-state index in [2.05, 4.69) is 22.3 Å². The van der Waals surface area contributed by atoms with Crippen molar-refractivity contribution in [1.82, 2.24) is 14.8 Å². The Morgan fingerprint density at radius 3 is 2.79 bits per heavy atom. The second-order valence-corrected chi connectivity index (χ2v) is 4.30. The number of ether oxygens (including phenoxy) is 1. The molecule has 0 unspecified atom stereocenters. The molecule has 0 atom stereocenters. The summed E-state index contributed by atoms with van der Waals surface area (Å²) in [7, 11) is 1.95. The van der Waals surface area contributed by atoms with Gasteiger partial charge in [-0.25, -0.2) is 4.98 Å². The van der Waals surface area contributed by atoms with Gasteiger partial charge in [-0.3, -0.25) is 4.68 Å². The highest BCUT2D eigenvalue weighted by molar-refractivity contribution is 5.42. The predicted octanol–water partition coefficient (Wildman–Crippen LogP) is 2.39. The van der Waals surface area contributed by atoms with Crippen LogP contribution >= 0.6 is 0 Å². The molecule has 5 nitrogen and oxygen atoms in total. The van der Waals surface area contributed by atoms with Crippen LogP contribution in [-0.2, 0) is 20.0 Å². The molecule has 2 aromatic heterocycles. The minimum absolute atomic E-state index is 0.634. The zero-order valence-electron chi connectivity index (χ0n) is 11.7. The number of nitrogens with one attached hydrogen (secondary N) is 1. The van der Waals surface area contributed by atoms with Gasteiger partial charge >= 0.3 is 0 Å². The molecule has 2 heterocycles. The van der Waals surface area contributed by atoms with E-state index < -0.39 is 0 Å². The summed E-state index contributed by atoms with van der Waals surface area (Å²) in [5, 5.41) is 7.77. The van der Waals surface area contributed by atoms with Crippen molar-refractivity contribution in [2.24, 2.45) is 7.05 Å². The van der Waals surface area contributed by atoms with Crippen molar-refractivity contribution >= 4 is 5.69 Å². The fourth-order valence-corrected chi connectivity index (χ4v) is 1.94. The third-order valence-electron chi connectivity index (χ3n) is 2.84. The minimum atomic E-state index is 0.634. The minimum Gasteiger partial charge on any atom is -0.478 e. The molecule has 2 rings (SSSR count). The number of pyridine rings is 1. The van der Waals surface area contributed by atoms with Gasteiger partial charge in [-0.1, -0.05) is 6.92 Å². The molecular weight excluding hydrogens is 240 g/mol. The van der Waals surface area contributed by atoms with Crippen molar-refractivity contribution < 1.29 is 4.74 Å². The van der Waals surface area contributed by atoms with Crippen LogP contribution in [0.5, 0.6) is 5.88 Å². The van der Waals surface area contributed by atoms with Gasteiger partial charge in [0.2, 0.25) is 5.88 Å². The molecule has 0 aromatic carbocycles. The Morgan fingerprint density at radius 2 is 2.16 bits per heavy atom. The molecule has 0 bridgehead atoms. The Labute approximate surface area is 113 Å². The first-order valence-electron chi connectivity index (χ1n) is 6.57. The average molecular weight is 260 g/mol. The highest BCUT2D eigenvalue weighted by atomic mass is 16.5. The van der Waals surface area contributed by atoms with Crippen molar-refractivity contribution in [2.45, 2.75) is 26.8 Å². The molecule has 2 aromatic rings. The number of aromatic nitrogens is 3. The topological polar surface area (TPSA) is 52.0 Å². The third kappa shape index (κ3) is 3.47. The quantitative estimate of drug-likeness (QED) is 0.866. The summed E-state index contributed by atoms with van der Waals surface area (Å²) in [6, 6.07) is 3.84. The molecular formula is C14H20N4O. The second-order valence-electron chi connectivity index (χ2n) is 4.30. The third-order valence-corrected chi connectivity index (χ3v) is 2.84. The number of nitrogens with zero attached hydrogens (tertiary/aromatic N) is 3. The van der Waals surface area contributed by atoms with Gasteiger partial charge in [-0.2, -0.15) is 5.10 Å². The Balaban J connectivity index is 1.97. The molecule has 0 amide bonds. The van der Waals surface area contributed by atoms with Crippen LogP contribution in [0, 0.1) is 0 Å². The van der Waals surface area contributed by atoms with Crippen LogP contribution in [0.4, 0.5) is 5.69 Å². The normalized spacial score (nSPS) is 10.5. The molecule has 19 heavy (non-hydrogen) atoms. The average Bonchev–Trinajstić information content (AvgIpc) is 2.79. The maximum Gasteiger partial charge on any atom is 0.213 e. The second kappa shape index (κ2) is 6.22. The van der Waals surface area contributed by atoms with Crippen LogP contribution < -0.4 is 10.1 Å². The largest absolute Gasteiger partial charge is 0.478 e. The van der Waals surface area contributed by atoms with E-state index in [1.807, 2.05) is 37.0 Å². The number of anilines is 1. The van der Waals surface area contributed by atoms with E-state index in [4.69, 9.17) is 4.74 Å². The van der Waals surface area contributed by atoms with Gasteiger partial charge in [0.05, 0.1) is 24.2 Å². The summed E-state index contributed by atoms with van der Waals surface area (Å²) in [4.78, 5) is 4.22. The van der Waals surface area contributed by atoms with Gasteiger partial charge < -0.3 is 10.1 Å². The summed E-state index contributed by atoms with van der Waals surface area (Å²) in [5.41, 5.74) is 3.34. The lowest BCUT2D eigenvalue weighted by Crippen LogP contribution is -2.02. The Hall–Kier alpha value is -2.04. The van der Waals surface area contributed by atoms with E-state index in [-0.39, 0.29) is 0 Å². The molecule has 0 spiro atoms. The zero-order chi connectivity index (χ0) is 13.7. The maximum absolute atomic E-state index is 5.31. The summed E-state index contributed by atoms with van der Waals surface area (Å²) >= 11 is 0. The monoisotopic (exact) mass is 260 g/mol. The number of hydrogen-bond donors (Lipinski definition) is 1. The molecule has 1 N–H and O–H groups in total. The summed E-state index contributed by atoms with van der Waals surface area (Å²) < 4.78 is 7.16. The van der Waals surface area contributed by atoms with Crippen molar-refractivity contribution in [1.29, 1.82) is 0 Å². The van der Waals surface area contributed by atoms with E-state index in [0.717, 1.165) is 24.3 Å². The highest BCUT2D eigenvalue weighted by Crippen LogP contribution is 2.14. The first-order valence-corrected chi connectivity index (χ1v) is 6.57. The summed E-state index contributed by atoms with van der Waals surface area (Å²) in [6.07, 6.45) is 4.78. The van der Waals surface area contributed by atoms with E-state index in [1.165, 1.54) is 5.56 Å². The van der Waals surface area contributed by atoms with Gasteiger partial charge in [-0.15, -0.1) is 0 Å².